The zero-order valence-corrected chi connectivity index (χ0v) is 25.6. The van der Waals surface area contributed by atoms with Gasteiger partial charge in [-0.3, -0.25) is 13.9 Å². The van der Waals surface area contributed by atoms with Gasteiger partial charge in [0.25, 0.3) is 10.0 Å². The molecular formula is C33H34ClN3O5S. The van der Waals surface area contributed by atoms with E-state index >= 15 is 0 Å². The Kier molecular flexibility index (Phi) is 10.8. The van der Waals surface area contributed by atoms with E-state index in [9.17, 15) is 18.0 Å². The summed E-state index contributed by atoms with van der Waals surface area (Å²) >= 11 is 6.25. The zero-order valence-electron chi connectivity index (χ0n) is 24.0. The maximum absolute atomic E-state index is 14.3. The Balaban J connectivity index is 1.75. The van der Waals surface area contributed by atoms with Gasteiger partial charge in [0.1, 0.15) is 18.3 Å². The van der Waals surface area contributed by atoms with Crippen LogP contribution in [0.3, 0.4) is 0 Å². The molecule has 43 heavy (non-hydrogen) atoms. The minimum atomic E-state index is -4.20. The average molecular weight is 620 g/mol. The van der Waals surface area contributed by atoms with Gasteiger partial charge in [-0.15, -0.1) is 0 Å². The molecule has 0 heterocycles. The summed E-state index contributed by atoms with van der Waals surface area (Å²) in [5.41, 5.74) is 1.86. The van der Waals surface area contributed by atoms with Crippen molar-refractivity contribution in [3.05, 3.63) is 125 Å². The molecule has 1 unspecified atom stereocenters. The van der Waals surface area contributed by atoms with Crippen molar-refractivity contribution in [2.24, 2.45) is 0 Å². The number of carbonyl (C=O) groups excluding carboxylic acids is 2. The van der Waals surface area contributed by atoms with Crippen molar-refractivity contribution in [1.82, 2.24) is 10.2 Å². The van der Waals surface area contributed by atoms with Gasteiger partial charge in [0.05, 0.1) is 17.2 Å². The SMILES string of the molecule is CCOc1ccc(S(=O)(=O)N(CC(=O)N(Cc2cccc(Cl)c2)C(Cc2ccccc2)C(=O)NC)c2ccccc2)cc1. The Hall–Kier alpha value is -4.34. The van der Waals surface area contributed by atoms with Crippen LogP contribution in [-0.2, 0) is 32.6 Å². The molecule has 0 radical (unpaired) electrons. The molecule has 0 bridgehead atoms. The van der Waals surface area contributed by atoms with Crippen molar-refractivity contribution in [3.63, 3.8) is 0 Å². The quantitative estimate of drug-likeness (QED) is 0.219. The number of nitrogens with zero attached hydrogens (tertiary/aromatic N) is 2. The van der Waals surface area contributed by atoms with Gasteiger partial charge in [-0.2, -0.15) is 0 Å². The first kappa shape index (κ1) is 31.6. The van der Waals surface area contributed by atoms with Gasteiger partial charge in [-0.05, 0) is 66.6 Å². The van der Waals surface area contributed by atoms with Crippen molar-refractivity contribution < 1.29 is 22.7 Å². The molecule has 0 spiro atoms. The van der Waals surface area contributed by atoms with E-state index in [-0.39, 0.29) is 23.8 Å². The highest BCUT2D eigenvalue weighted by atomic mass is 35.5. The number of rotatable bonds is 13. The molecule has 224 valence electrons. The monoisotopic (exact) mass is 619 g/mol. The molecular weight excluding hydrogens is 586 g/mol. The minimum Gasteiger partial charge on any atom is -0.494 e. The van der Waals surface area contributed by atoms with E-state index in [0.29, 0.717) is 28.6 Å². The van der Waals surface area contributed by atoms with Crippen LogP contribution in [0.5, 0.6) is 5.75 Å². The molecule has 0 aliphatic rings. The number of halogens is 1. The van der Waals surface area contributed by atoms with E-state index in [1.165, 1.54) is 24.1 Å². The van der Waals surface area contributed by atoms with Crippen molar-refractivity contribution in [2.45, 2.75) is 30.8 Å². The molecule has 2 amide bonds. The predicted octanol–water partition coefficient (Wildman–Crippen LogP) is 5.32. The first-order valence-corrected chi connectivity index (χ1v) is 15.6. The summed E-state index contributed by atoms with van der Waals surface area (Å²) in [6.45, 7) is 1.78. The first-order chi connectivity index (χ1) is 20.7. The van der Waals surface area contributed by atoms with Gasteiger partial charge >= 0.3 is 0 Å². The van der Waals surface area contributed by atoms with Crippen LogP contribution < -0.4 is 14.4 Å². The van der Waals surface area contributed by atoms with Gasteiger partial charge < -0.3 is 15.0 Å². The molecule has 1 atom stereocenters. The molecule has 4 aromatic carbocycles. The maximum Gasteiger partial charge on any atom is 0.264 e. The second kappa shape index (κ2) is 14.7. The fraction of sp³-hybridized carbons (Fsp3) is 0.212. The molecule has 0 fully saturated rings. The summed E-state index contributed by atoms with van der Waals surface area (Å²) in [7, 11) is -2.69. The van der Waals surface area contributed by atoms with Crippen LogP contribution in [-0.4, -0.2) is 51.4 Å². The molecule has 0 saturated carbocycles. The highest BCUT2D eigenvalue weighted by molar-refractivity contribution is 7.92. The third kappa shape index (κ3) is 8.15. The molecule has 0 aliphatic carbocycles. The summed E-state index contributed by atoms with van der Waals surface area (Å²) in [6, 6.07) is 29.9. The molecule has 0 aromatic heterocycles. The van der Waals surface area contributed by atoms with E-state index in [1.807, 2.05) is 37.3 Å². The number of para-hydroxylation sites is 1. The maximum atomic E-state index is 14.3. The lowest BCUT2D eigenvalue weighted by Gasteiger charge is -2.33. The Morgan fingerprint density at radius 1 is 0.860 bits per heavy atom. The summed E-state index contributed by atoms with van der Waals surface area (Å²) in [5.74, 6) is -0.395. The first-order valence-electron chi connectivity index (χ1n) is 13.8. The predicted molar refractivity (Wildman–Crippen MR) is 169 cm³/mol. The van der Waals surface area contributed by atoms with E-state index in [1.54, 1.807) is 66.7 Å². The summed E-state index contributed by atoms with van der Waals surface area (Å²) in [6.07, 6.45) is 0.226. The lowest BCUT2D eigenvalue weighted by atomic mass is 10.0. The molecule has 10 heteroatoms. The van der Waals surface area contributed by atoms with Crippen LogP contribution in [0.4, 0.5) is 5.69 Å². The van der Waals surface area contributed by atoms with Gasteiger partial charge in [-0.1, -0.05) is 72.3 Å². The highest BCUT2D eigenvalue weighted by Gasteiger charge is 2.34. The number of sulfonamides is 1. The van der Waals surface area contributed by atoms with Gasteiger partial charge in [-0.25, -0.2) is 8.42 Å². The third-order valence-corrected chi connectivity index (χ3v) is 8.83. The van der Waals surface area contributed by atoms with E-state index in [2.05, 4.69) is 5.32 Å². The number of nitrogens with one attached hydrogen (secondary N) is 1. The minimum absolute atomic E-state index is 0.00105. The fourth-order valence-corrected chi connectivity index (χ4v) is 6.30. The lowest BCUT2D eigenvalue weighted by molar-refractivity contribution is -0.139. The number of anilines is 1. The number of likely N-dealkylation sites (N-methyl/N-ethyl adjacent to an activating group) is 1. The number of hydrogen-bond acceptors (Lipinski definition) is 5. The fourth-order valence-electron chi connectivity index (χ4n) is 4.68. The smallest absolute Gasteiger partial charge is 0.264 e. The number of amides is 2. The molecule has 0 aliphatic heterocycles. The number of ether oxygens (including phenoxy) is 1. The Bertz CT molecular complexity index is 1620. The Morgan fingerprint density at radius 3 is 2.09 bits per heavy atom. The Labute approximate surface area is 257 Å². The van der Waals surface area contributed by atoms with Crippen LogP contribution in [0.2, 0.25) is 5.02 Å². The number of carbonyl (C=O) groups is 2. The zero-order chi connectivity index (χ0) is 30.8. The van der Waals surface area contributed by atoms with E-state index in [0.717, 1.165) is 9.87 Å². The van der Waals surface area contributed by atoms with Gasteiger partial charge in [0.2, 0.25) is 11.8 Å². The molecule has 4 aromatic rings. The number of hydrogen-bond donors (Lipinski definition) is 1. The Morgan fingerprint density at radius 2 is 1.49 bits per heavy atom. The molecule has 4 rings (SSSR count). The second-order valence-electron chi connectivity index (χ2n) is 9.72. The van der Waals surface area contributed by atoms with Crippen molar-refractivity contribution >= 4 is 39.1 Å². The topological polar surface area (TPSA) is 96.0 Å². The third-order valence-electron chi connectivity index (χ3n) is 6.81. The molecule has 0 saturated heterocycles. The van der Waals surface area contributed by atoms with Crippen molar-refractivity contribution in [1.29, 1.82) is 0 Å². The van der Waals surface area contributed by atoms with Gasteiger partial charge in [0, 0.05) is 25.0 Å². The summed E-state index contributed by atoms with van der Waals surface area (Å²) in [5, 5.41) is 3.15. The average Bonchev–Trinajstić information content (AvgIpc) is 3.02. The summed E-state index contributed by atoms with van der Waals surface area (Å²) in [4.78, 5) is 29.0. The standard InChI is InChI=1S/C33H34ClN3O5S/c1-3-42-29-17-19-30(20-18-29)43(40,41)37(28-15-8-5-9-16-28)24-32(38)36(23-26-13-10-14-27(34)21-26)31(33(39)35-2)22-25-11-6-4-7-12-25/h4-21,31H,3,22-24H2,1-2H3,(H,35,39). The number of benzene rings is 4. The van der Waals surface area contributed by atoms with Crippen molar-refractivity contribution in [3.8, 4) is 5.75 Å². The summed E-state index contributed by atoms with van der Waals surface area (Å²) < 4.78 is 34.6. The van der Waals surface area contributed by atoms with Crippen LogP contribution in [0.25, 0.3) is 0 Å². The van der Waals surface area contributed by atoms with Crippen molar-refractivity contribution in [2.75, 3.05) is 24.5 Å². The largest absolute Gasteiger partial charge is 0.494 e. The van der Waals surface area contributed by atoms with E-state index < -0.39 is 28.5 Å². The molecule has 1 N–H and O–H groups in total. The lowest BCUT2D eigenvalue weighted by Crippen LogP contribution is -2.53. The highest BCUT2D eigenvalue weighted by Crippen LogP contribution is 2.26. The molecule has 8 nitrogen and oxygen atoms in total. The van der Waals surface area contributed by atoms with Gasteiger partial charge in [0.15, 0.2) is 0 Å². The normalized spacial score (nSPS) is 11.8. The van der Waals surface area contributed by atoms with E-state index in [4.69, 9.17) is 16.3 Å². The van der Waals surface area contributed by atoms with Crippen LogP contribution >= 0.6 is 11.6 Å². The van der Waals surface area contributed by atoms with Crippen LogP contribution in [0.15, 0.2) is 114 Å². The van der Waals surface area contributed by atoms with Crippen LogP contribution in [0, 0.1) is 0 Å². The second-order valence-corrected chi connectivity index (χ2v) is 12.0. The van der Waals surface area contributed by atoms with Crippen LogP contribution in [0.1, 0.15) is 18.1 Å².